The third-order valence-corrected chi connectivity index (χ3v) is 12.0. The molecule has 306 valence electrons. The molecule has 2 saturated carbocycles. The van der Waals surface area contributed by atoms with E-state index < -0.39 is 0 Å². The van der Waals surface area contributed by atoms with Gasteiger partial charge in [-0.15, -0.1) is 20.4 Å². The number of nitrogens with zero attached hydrogens (tertiary/aromatic N) is 9. The van der Waals surface area contributed by atoms with Crippen molar-refractivity contribution in [2.75, 3.05) is 7.05 Å². The molecule has 6 heterocycles. The van der Waals surface area contributed by atoms with Gasteiger partial charge in [-0.05, 0) is 118 Å². The second kappa shape index (κ2) is 17.3. The largest absolute Gasteiger partial charge is 0.474 e. The van der Waals surface area contributed by atoms with Gasteiger partial charge >= 0.3 is 0 Å². The Kier molecular flexibility index (Phi) is 11.6. The van der Waals surface area contributed by atoms with Crippen molar-refractivity contribution in [3.63, 3.8) is 0 Å². The van der Waals surface area contributed by atoms with E-state index in [1.807, 2.05) is 24.3 Å². The van der Waals surface area contributed by atoms with Gasteiger partial charge < -0.3 is 14.8 Å². The highest BCUT2D eigenvalue weighted by Crippen LogP contribution is 2.38. The molecule has 0 radical (unpaired) electrons. The molecule has 2 fully saturated rings. The molecule has 6 aromatic rings. The smallest absolute Gasteiger partial charge is 0.213 e. The van der Waals surface area contributed by atoms with Gasteiger partial charge in [-0.25, -0.2) is 18.7 Å². The van der Waals surface area contributed by atoms with E-state index in [-0.39, 0.29) is 23.8 Å². The van der Waals surface area contributed by atoms with Gasteiger partial charge in [0.25, 0.3) is 0 Å². The number of fused-ring (bicyclic) bond motifs is 6. The topological polar surface area (TPSA) is 121 Å². The summed E-state index contributed by atoms with van der Waals surface area (Å²) in [5.74, 6) is 4.78. The van der Waals surface area contributed by atoms with Gasteiger partial charge in [0.15, 0.2) is 11.6 Å². The van der Waals surface area contributed by atoms with Crippen LogP contribution in [0.1, 0.15) is 97.6 Å². The summed E-state index contributed by atoms with van der Waals surface area (Å²) in [5, 5.41) is 23.0. The van der Waals surface area contributed by atoms with Crippen LogP contribution >= 0.6 is 23.2 Å². The predicted molar refractivity (Wildman–Crippen MR) is 218 cm³/mol. The number of hydrogen-bond acceptors (Lipinski definition) is 10. The van der Waals surface area contributed by atoms with E-state index in [1.165, 1.54) is 30.1 Å². The first-order valence-corrected chi connectivity index (χ1v) is 20.9. The maximum atomic E-state index is 13.0. The number of aromatic nitrogens is 8. The van der Waals surface area contributed by atoms with E-state index in [2.05, 4.69) is 68.9 Å². The molecule has 2 aliphatic heterocycles. The molecule has 0 amide bonds. The van der Waals surface area contributed by atoms with Crippen LogP contribution in [0.15, 0.2) is 73.1 Å². The Balaban J connectivity index is 0.000000152. The summed E-state index contributed by atoms with van der Waals surface area (Å²) in [4.78, 5) is 10.2. The van der Waals surface area contributed by atoms with Crippen molar-refractivity contribution in [2.24, 2.45) is 0 Å². The van der Waals surface area contributed by atoms with Crippen LogP contribution in [0.2, 0.25) is 10.0 Å². The lowest BCUT2D eigenvalue weighted by Crippen LogP contribution is -2.25. The maximum absolute atomic E-state index is 13.0. The minimum atomic E-state index is -0.357. The van der Waals surface area contributed by atoms with Crippen LogP contribution < -0.4 is 14.8 Å². The standard InChI is InChI=1S/C22H23ClFN5O.C21H21ClFN5O/c1-28-12-15-10-16(23)4-8-19(15)29-20(13-28)26-27-22(29)14-2-6-18(7-3-14)30-21-9-5-17(24)11-25-21;22-15-3-7-18-14(9-15)10-24-12-19-26-27-21(28(18)19)13-1-5-17(6-2-13)29-20-8-4-16(23)11-25-20/h4-5,8-11,14,18H,2-3,6-7,12-13H2,1H3;3-4,7-9,11,13,17,24H,1-2,5-6,10,12H2. The lowest BCUT2D eigenvalue weighted by Gasteiger charge is -2.28. The normalized spacial score (nSPS) is 21.4. The zero-order valence-electron chi connectivity index (χ0n) is 32.6. The fraction of sp³-hybridized carbons (Fsp3) is 0.395. The molecule has 0 bridgehead atoms. The Labute approximate surface area is 350 Å². The van der Waals surface area contributed by atoms with Gasteiger partial charge in [-0.1, -0.05) is 23.2 Å². The van der Waals surface area contributed by atoms with Crippen LogP contribution in [0.25, 0.3) is 11.4 Å². The van der Waals surface area contributed by atoms with E-state index in [4.69, 9.17) is 32.7 Å². The number of hydrogen-bond donors (Lipinski definition) is 1. The molecule has 0 atom stereocenters. The van der Waals surface area contributed by atoms with Crippen LogP contribution in [0, 0.1) is 11.6 Å². The summed E-state index contributed by atoms with van der Waals surface area (Å²) >= 11 is 12.5. The van der Waals surface area contributed by atoms with Crippen LogP contribution in [-0.2, 0) is 26.2 Å². The van der Waals surface area contributed by atoms with Gasteiger partial charge in [0.2, 0.25) is 11.8 Å². The van der Waals surface area contributed by atoms with Crippen molar-refractivity contribution in [2.45, 2.75) is 102 Å². The average Bonchev–Trinajstić information content (AvgIpc) is 3.76. The van der Waals surface area contributed by atoms with Crippen molar-refractivity contribution >= 4 is 23.2 Å². The lowest BCUT2D eigenvalue weighted by atomic mass is 9.86. The molecule has 4 aromatic heterocycles. The van der Waals surface area contributed by atoms with Crippen molar-refractivity contribution in [3.8, 4) is 23.1 Å². The minimum absolute atomic E-state index is 0.0861. The summed E-state index contributed by atoms with van der Waals surface area (Å²) in [6.45, 7) is 3.00. The molecule has 4 aliphatic rings. The highest BCUT2D eigenvalue weighted by molar-refractivity contribution is 6.31. The van der Waals surface area contributed by atoms with E-state index in [0.717, 1.165) is 121 Å². The predicted octanol–water partition coefficient (Wildman–Crippen LogP) is 8.67. The Morgan fingerprint density at radius 2 is 1.10 bits per heavy atom. The summed E-state index contributed by atoms with van der Waals surface area (Å²) in [7, 11) is 2.08. The number of ether oxygens (including phenoxy) is 2. The lowest BCUT2D eigenvalue weighted by molar-refractivity contribution is 0.138. The minimum Gasteiger partial charge on any atom is -0.474 e. The average molecular weight is 842 g/mol. The zero-order chi connectivity index (χ0) is 40.5. The number of nitrogens with one attached hydrogen (secondary N) is 1. The third-order valence-electron chi connectivity index (χ3n) is 11.6. The van der Waals surface area contributed by atoms with Crippen molar-refractivity contribution in [1.82, 2.24) is 49.7 Å². The van der Waals surface area contributed by atoms with E-state index in [1.54, 1.807) is 12.1 Å². The quantitative estimate of drug-likeness (QED) is 0.175. The molecular weight excluding hydrogens is 797 g/mol. The van der Waals surface area contributed by atoms with Gasteiger partial charge in [0.05, 0.1) is 36.9 Å². The maximum Gasteiger partial charge on any atom is 0.213 e. The number of halogens is 4. The third kappa shape index (κ3) is 8.82. The molecule has 2 aliphatic carbocycles. The Morgan fingerprint density at radius 1 is 0.593 bits per heavy atom. The fourth-order valence-electron chi connectivity index (χ4n) is 8.72. The highest BCUT2D eigenvalue weighted by Gasteiger charge is 2.32. The number of rotatable bonds is 6. The molecule has 16 heteroatoms. The van der Waals surface area contributed by atoms with Crippen LogP contribution in [0.3, 0.4) is 0 Å². The first kappa shape index (κ1) is 39.4. The highest BCUT2D eigenvalue weighted by atomic mass is 35.5. The molecule has 0 saturated heterocycles. The second-order valence-corrected chi connectivity index (χ2v) is 16.6. The van der Waals surface area contributed by atoms with Crippen LogP contribution in [0.4, 0.5) is 8.78 Å². The summed E-state index contributed by atoms with van der Waals surface area (Å²) in [6, 6.07) is 17.9. The van der Waals surface area contributed by atoms with Gasteiger partial charge in [0.1, 0.15) is 35.5 Å². The SMILES string of the molecule is CN1Cc2cc(Cl)ccc2-n2c(nnc2C2CCC(Oc3ccc(F)cn3)CC2)C1.Fc1ccc(OC2CCC(c3nnc4n3-c3ccc(Cl)cc3CNC4)CC2)nc1. The van der Waals surface area contributed by atoms with Crippen LogP contribution in [-0.4, -0.2) is 63.7 Å². The molecule has 59 heavy (non-hydrogen) atoms. The monoisotopic (exact) mass is 840 g/mol. The summed E-state index contributed by atoms with van der Waals surface area (Å²) < 4.78 is 42.4. The molecule has 12 nitrogen and oxygen atoms in total. The van der Waals surface area contributed by atoms with Crippen molar-refractivity contribution in [1.29, 1.82) is 0 Å². The molecule has 0 spiro atoms. The van der Waals surface area contributed by atoms with Gasteiger partial charge in [-0.2, -0.15) is 0 Å². The fourth-order valence-corrected chi connectivity index (χ4v) is 9.11. The molecule has 1 N–H and O–H groups in total. The number of benzene rings is 2. The first-order valence-electron chi connectivity index (χ1n) is 20.2. The Hall–Kier alpha value is -5.02. The molecule has 2 aromatic carbocycles. The van der Waals surface area contributed by atoms with E-state index >= 15 is 0 Å². The summed E-state index contributed by atoms with van der Waals surface area (Å²) in [5.41, 5.74) is 4.55. The molecule has 0 unspecified atom stereocenters. The van der Waals surface area contributed by atoms with Gasteiger partial charge in [0, 0.05) is 47.1 Å². The number of pyridine rings is 2. The van der Waals surface area contributed by atoms with E-state index in [9.17, 15) is 8.78 Å². The van der Waals surface area contributed by atoms with Crippen LogP contribution in [0.5, 0.6) is 11.8 Å². The van der Waals surface area contributed by atoms with Crippen molar-refractivity contribution in [3.05, 3.63) is 129 Å². The molecule has 10 rings (SSSR count). The zero-order valence-corrected chi connectivity index (χ0v) is 34.1. The Bertz CT molecular complexity index is 2400. The second-order valence-electron chi connectivity index (χ2n) is 15.8. The van der Waals surface area contributed by atoms with E-state index in [0.29, 0.717) is 30.1 Å². The molecular formula is C43H44Cl2F2N10O2. The Morgan fingerprint density at radius 3 is 1.64 bits per heavy atom. The van der Waals surface area contributed by atoms with Crippen molar-refractivity contribution < 1.29 is 18.3 Å². The summed E-state index contributed by atoms with van der Waals surface area (Å²) in [6.07, 6.45) is 9.99. The van der Waals surface area contributed by atoms with Gasteiger partial charge in [-0.3, -0.25) is 14.0 Å². The first-order chi connectivity index (χ1) is 28.7.